The Kier molecular flexibility index (Phi) is 4.52. The Balaban J connectivity index is 1.63. The van der Waals surface area contributed by atoms with Gasteiger partial charge in [0.1, 0.15) is 22.8 Å². The summed E-state index contributed by atoms with van der Waals surface area (Å²) in [6, 6.07) is 4.01. The van der Waals surface area contributed by atoms with Gasteiger partial charge in [-0.15, -0.1) is 0 Å². The van der Waals surface area contributed by atoms with E-state index in [4.69, 9.17) is 8.94 Å². The van der Waals surface area contributed by atoms with E-state index in [0.29, 0.717) is 23.6 Å². The van der Waals surface area contributed by atoms with Gasteiger partial charge in [0.25, 0.3) is 5.91 Å². The molecule has 1 aliphatic heterocycles. The molecule has 3 rings (SSSR count). The fraction of sp³-hybridized carbons (Fsp3) is 0.529. The van der Waals surface area contributed by atoms with Crippen LogP contribution in [0.15, 0.2) is 21.1 Å². The largest absolute Gasteiger partial charge is 0.465 e. The molecule has 6 heteroatoms. The number of nitrogens with zero attached hydrogens (tertiary/aromatic N) is 3. The summed E-state index contributed by atoms with van der Waals surface area (Å²) < 4.78 is 10.8. The van der Waals surface area contributed by atoms with Crippen molar-refractivity contribution < 1.29 is 13.7 Å². The molecule has 124 valence electrons. The summed E-state index contributed by atoms with van der Waals surface area (Å²) in [6.45, 7) is 9.62. The molecule has 6 nitrogen and oxygen atoms in total. The van der Waals surface area contributed by atoms with Crippen molar-refractivity contribution in [3.63, 3.8) is 0 Å². The molecule has 0 saturated carbocycles. The van der Waals surface area contributed by atoms with Crippen LogP contribution >= 0.6 is 0 Å². The van der Waals surface area contributed by atoms with Crippen molar-refractivity contribution in [2.45, 2.75) is 33.7 Å². The Morgan fingerprint density at radius 2 is 2.00 bits per heavy atom. The molecule has 0 spiro atoms. The van der Waals surface area contributed by atoms with Gasteiger partial charge in [-0.2, -0.15) is 0 Å². The zero-order valence-corrected chi connectivity index (χ0v) is 14.0. The molecule has 1 fully saturated rings. The lowest BCUT2D eigenvalue weighted by molar-refractivity contribution is 0.0758. The third-order valence-electron chi connectivity index (χ3n) is 4.30. The van der Waals surface area contributed by atoms with Gasteiger partial charge < -0.3 is 13.8 Å². The highest BCUT2D eigenvalue weighted by atomic mass is 16.5. The minimum atomic E-state index is 0.0249. The van der Waals surface area contributed by atoms with Crippen LogP contribution in [0.4, 0.5) is 0 Å². The van der Waals surface area contributed by atoms with Crippen molar-refractivity contribution >= 4 is 5.91 Å². The van der Waals surface area contributed by atoms with Gasteiger partial charge in [0, 0.05) is 26.2 Å². The lowest BCUT2D eigenvalue weighted by Gasteiger charge is -2.21. The van der Waals surface area contributed by atoms with Crippen LogP contribution in [0.3, 0.4) is 0 Å². The summed E-state index contributed by atoms with van der Waals surface area (Å²) in [4.78, 5) is 16.9. The van der Waals surface area contributed by atoms with E-state index in [-0.39, 0.29) is 5.91 Å². The molecule has 0 aliphatic carbocycles. The third-order valence-corrected chi connectivity index (χ3v) is 4.30. The van der Waals surface area contributed by atoms with Crippen LogP contribution < -0.4 is 0 Å². The lowest BCUT2D eigenvalue weighted by atomic mass is 10.1. The molecule has 2 aromatic rings. The first kappa shape index (κ1) is 15.8. The molecule has 23 heavy (non-hydrogen) atoms. The number of hydrogen-bond donors (Lipinski definition) is 0. The van der Waals surface area contributed by atoms with Crippen molar-refractivity contribution in [3.05, 3.63) is 40.7 Å². The highest BCUT2D eigenvalue weighted by Crippen LogP contribution is 2.17. The van der Waals surface area contributed by atoms with Crippen LogP contribution in [0, 0.1) is 20.8 Å². The number of furan rings is 1. The molecule has 0 aromatic carbocycles. The highest BCUT2D eigenvalue weighted by Gasteiger charge is 2.25. The van der Waals surface area contributed by atoms with Gasteiger partial charge in [0.05, 0.1) is 12.2 Å². The third kappa shape index (κ3) is 3.47. The molecule has 2 aromatic heterocycles. The van der Waals surface area contributed by atoms with Gasteiger partial charge in [-0.05, 0) is 39.3 Å². The zero-order chi connectivity index (χ0) is 16.4. The molecule has 0 unspecified atom stereocenters. The van der Waals surface area contributed by atoms with E-state index in [1.807, 2.05) is 30.9 Å². The number of carbonyl (C=O) groups is 1. The number of aryl methyl sites for hydroxylation is 3. The van der Waals surface area contributed by atoms with Crippen LogP contribution in [0.5, 0.6) is 0 Å². The molecular weight excluding hydrogens is 294 g/mol. The number of rotatable bonds is 3. The van der Waals surface area contributed by atoms with Crippen LogP contribution in [0.2, 0.25) is 0 Å². The standard InChI is InChI=1S/C17H23N3O3/c1-12-5-6-15(22-12)11-19-7-4-8-20(10-9-19)17(21)16-13(2)18-23-14(16)3/h5-6H,4,7-11H2,1-3H3. The molecular formula is C17H23N3O3. The molecule has 1 amide bonds. The monoisotopic (exact) mass is 317 g/mol. The maximum Gasteiger partial charge on any atom is 0.259 e. The van der Waals surface area contributed by atoms with E-state index >= 15 is 0 Å². The van der Waals surface area contributed by atoms with Gasteiger partial charge in [-0.3, -0.25) is 9.69 Å². The SMILES string of the molecule is Cc1ccc(CN2CCCN(C(=O)c3c(C)noc3C)CC2)o1. The predicted octanol–water partition coefficient (Wildman–Crippen LogP) is 2.54. The van der Waals surface area contributed by atoms with E-state index in [1.54, 1.807) is 6.92 Å². The summed E-state index contributed by atoms with van der Waals surface area (Å²) in [5.74, 6) is 2.54. The average Bonchev–Trinajstić information content (AvgIpc) is 2.97. The number of aromatic nitrogens is 1. The van der Waals surface area contributed by atoms with Gasteiger partial charge in [-0.25, -0.2) is 0 Å². The topological polar surface area (TPSA) is 62.7 Å². The average molecular weight is 317 g/mol. The zero-order valence-electron chi connectivity index (χ0n) is 14.0. The Bertz CT molecular complexity index is 670. The van der Waals surface area contributed by atoms with Crippen molar-refractivity contribution in [3.8, 4) is 0 Å². The first-order valence-electron chi connectivity index (χ1n) is 8.04. The first-order chi connectivity index (χ1) is 11.0. The summed E-state index contributed by atoms with van der Waals surface area (Å²) >= 11 is 0. The summed E-state index contributed by atoms with van der Waals surface area (Å²) in [5.41, 5.74) is 1.28. The molecule has 1 saturated heterocycles. The van der Waals surface area contributed by atoms with Crippen molar-refractivity contribution in [2.75, 3.05) is 26.2 Å². The maximum absolute atomic E-state index is 12.7. The van der Waals surface area contributed by atoms with Crippen molar-refractivity contribution in [2.24, 2.45) is 0 Å². The minimum absolute atomic E-state index is 0.0249. The second-order valence-corrected chi connectivity index (χ2v) is 6.13. The predicted molar refractivity (Wildman–Crippen MR) is 85.2 cm³/mol. The first-order valence-corrected chi connectivity index (χ1v) is 8.04. The molecule has 0 atom stereocenters. The Labute approximate surface area is 136 Å². The van der Waals surface area contributed by atoms with Gasteiger partial charge in [-0.1, -0.05) is 5.16 Å². The molecule has 0 N–H and O–H groups in total. The summed E-state index contributed by atoms with van der Waals surface area (Å²) in [6.07, 6.45) is 0.953. The van der Waals surface area contributed by atoms with Crippen LogP contribution in [0.25, 0.3) is 0 Å². The Hall–Kier alpha value is -2.08. The van der Waals surface area contributed by atoms with Crippen LogP contribution in [-0.4, -0.2) is 47.0 Å². The number of hydrogen-bond acceptors (Lipinski definition) is 5. The highest BCUT2D eigenvalue weighted by molar-refractivity contribution is 5.96. The van der Waals surface area contributed by atoms with Gasteiger partial charge in [0.2, 0.25) is 0 Å². The number of carbonyl (C=O) groups excluding carboxylic acids is 1. The van der Waals surface area contributed by atoms with E-state index in [9.17, 15) is 4.79 Å². The molecule has 0 radical (unpaired) electrons. The van der Waals surface area contributed by atoms with Crippen molar-refractivity contribution in [1.29, 1.82) is 0 Å². The van der Waals surface area contributed by atoms with Crippen LogP contribution in [0.1, 0.15) is 39.8 Å². The fourth-order valence-electron chi connectivity index (χ4n) is 3.07. The second-order valence-electron chi connectivity index (χ2n) is 6.13. The lowest BCUT2D eigenvalue weighted by Crippen LogP contribution is -2.35. The van der Waals surface area contributed by atoms with Gasteiger partial charge in [0.15, 0.2) is 0 Å². The fourth-order valence-corrected chi connectivity index (χ4v) is 3.07. The van der Waals surface area contributed by atoms with Crippen LogP contribution in [-0.2, 0) is 6.54 Å². The second kappa shape index (κ2) is 6.58. The van der Waals surface area contributed by atoms with Crippen molar-refractivity contribution in [1.82, 2.24) is 15.0 Å². The Morgan fingerprint density at radius 3 is 2.65 bits per heavy atom. The van der Waals surface area contributed by atoms with E-state index < -0.39 is 0 Å². The van der Waals surface area contributed by atoms with E-state index in [0.717, 1.165) is 44.1 Å². The Morgan fingerprint density at radius 1 is 1.17 bits per heavy atom. The number of amides is 1. The van der Waals surface area contributed by atoms with Gasteiger partial charge >= 0.3 is 0 Å². The molecule has 3 heterocycles. The molecule has 0 bridgehead atoms. The summed E-state index contributed by atoms with van der Waals surface area (Å²) in [5, 5.41) is 3.88. The quantitative estimate of drug-likeness (QED) is 0.870. The van der Waals surface area contributed by atoms with E-state index in [1.165, 1.54) is 0 Å². The van der Waals surface area contributed by atoms with E-state index in [2.05, 4.69) is 10.1 Å². The normalized spacial score (nSPS) is 16.6. The molecule has 1 aliphatic rings. The maximum atomic E-state index is 12.7. The minimum Gasteiger partial charge on any atom is -0.465 e. The smallest absolute Gasteiger partial charge is 0.259 e. The summed E-state index contributed by atoms with van der Waals surface area (Å²) in [7, 11) is 0.